The number of hydrogen-bond acceptors (Lipinski definition) is 4. The smallest absolute Gasteiger partial charge is 0.408 e. The normalized spacial score (nSPS) is 18.7. The molecule has 1 atom stereocenters. The molecular weight excluding hydrogens is 296 g/mol. The average molecular weight is 320 g/mol. The molecule has 0 aliphatic carbocycles. The summed E-state index contributed by atoms with van der Waals surface area (Å²) in [5, 5.41) is 3.95. The second-order valence-corrected chi connectivity index (χ2v) is 6.54. The van der Waals surface area contributed by atoms with E-state index < -0.39 is 17.7 Å². The zero-order valence-corrected chi connectivity index (χ0v) is 13.9. The Hall–Kier alpha value is -2.08. The summed E-state index contributed by atoms with van der Waals surface area (Å²) in [5.41, 5.74) is 0.396. The monoisotopic (exact) mass is 320 g/mol. The van der Waals surface area contributed by atoms with E-state index in [0.29, 0.717) is 19.6 Å². The Kier molecular flexibility index (Phi) is 5.60. The van der Waals surface area contributed by atoms with Crippen molar-refractivity contribution < 1.29 is 19.2 Å². The molecule has 2 amide bonds. The number of alkyl carbamates (subject to hydrolysis) is 1. The summed E-state index contributed by atoms with van der Waals surface area (Å²) in [6.07, 6.45) is 0.769. The van der Waals surface area contributed by atoms with E-state index >= 15 is 0 Å². The maximum Gasteiger partial charge on any atom is 0.408 e. The van der Waals surface area contributed by atoms with Crippen molar-refractivity contribution in [2.45, 2.75) is 51.9 Å². The molecule has 6 nitrogen and oxygen atoms in total. The number of amides is 2. The summed E-state index contributed by atoms with van der Waals surface area (Å²) in [5.74, 6) is -0.238. The van der Waals surface area contributed by atoms with Crippen LogP contribution in [0.1, 0.15) is 39.2 Å². The van der Waals surface area contributed by atoms with Gasteiger partial charge in [0.2, 0.25) is 0 Å². The molecule has 0 radical (unpaired) electrons. The Morgan fingerprint density at radius 1 is 1.30 bits per heavy atom. The molecule has 6 heteroatoms. The van der Waals surface area contributed by atoms with Gasteiger partial charge in [0, 0.05) is 6.54 Å². The maximum absolute atomic E-state index is 12.4. The lowest BCUT2D eigenvalue weighted by molar-refractivity contribution is -0.199. The number of piperidine rings is 1. The highest BCUT2D eigenvalue weighted by Gasteiger charge is 2.32. The minimum Gasteiger partial charge on any atom is -0.444 e. The molecule has 1 aliphatic rings. The van der Waals surface area contributed by atoms with Crippen LogP contribution in [0.2, 0.25) is 0 Å². The van der Waals surface area contributed by atoms with Gasteiger partial charge in [0.25, 0.3) is 5.91 Å². The van der Waals surface area contributed by atoms with Crippen molar-refractivity contribution in [3.05, 3.63) is 35.9 Å². The summed E-state index contributed by atoms with van der Waals surface area (Å²) in [6, 6.07) is 9.04. The van der Waals surface area contributed by atoms with Gasteiger partial charge in [0.15, 0.2) is 0 Å². The first-order valence-electron chi connectivity index (χ1n) is 7.83. The van der Waals surface area contributed by atoms with Crippen LogP contribution in [0.4, 0.5) is 4.79 Å². The topological polar surface area (TPSA) is 67.9 Å². The number of rotatable bonds is 4. The quantitative estimate of drug-likeness (QED) is 0.926. The van der Waals surface area contributed by atoms with Gasteiger partial charge in [0.1, 0.15) is 18.2 Å². The lowest BCUT2D eigenvalue weighted by atomic mass is 10.1. The Labute approximate surface area is 136 Å². The van der Waals surface area contributed by atoms with Crippen molar-refractivity contribution in [2.24, 2.45) is 0 Å². The molecule has 1 unspecified atom stereocenters. The summed E-state index contributed by atoms with van der Waals surface area (Å²) in [4.78, 5) is 29.8. The molecule has 1 aromatic carbocycles. The van der Waals surface area contributed by atoms with Gasteiger partial charge in [-0.2, -0.15) is 0 Å². The van der Waals surface area contributed by atoms with Crippen LogP contribution in [0.5, 0.6) is 0 Å². The van der Waals surface area contributed by atoms with Gasteiger partial charge >= 0.3 is 6.09 Å². The molecule has 1 heterocycles. The first-order chi connectivity index (χ1) is 10.8. The van der Waals surface area contributed by atoms with E-state index in [9.17, 15) is 9.59 Å². The summed E-state index contributed by atoms with van der Waals surface area (Å²) < 4.78 is 5.19. The van der Waals surface area contributed by atoms with Crippen molar-refractivity contribution in [1.82, 2.24) is 10.4 Å². The predicted octanol–water partition coefficient (Wildman–Crippen LogP) is 2.63. The molecule has 1 aliphatic heterocycles. The molecule has 0 saturated carbocycles. The second-order valence-electron chi connectivity index (χ2n) is 6.54. The van der Waals surface area contributed by atoms with Gasteiger partial charge in [-0.1, -0.05) is 30.3 Å². The highest BCUT2D eigenvalue weighted by Crippen LogP contribution is 2.15. The van der Waals surface area contributed by atoms with Gasteiger partial charge in [-0.05, 0) is 39.2 Å². The number of carbonyl (C=O) groups excluding carboxylic acids is 2. The number of hydroxylamine groups is 2. The van der Waals surface area contributed by atoms with E-state index in [1.54, 1.807) is 20.8 Å². The van der Waals surface area contributed by atoms with E-state index in [1.807, 2.05) is 30.3 Å². The third-order valence-electron chi connectivity index (χ3n) is 3.32. The molecule has 1 fully saturated rings. The number of benzene rings is 1. The summed E-state index contributed by atoms with van der Waals surface area (Å²) in [6.45, 7) is 6.20. The van der Waals surface area contributed by atoms with E-state index in [0.717, 1.165) is 12.0 Å². The fourth-order valence-electron chi connectivity index (χ4n) is 2.29. The Morgan fingerprint density at radius 2 is 2.00 bits per heavy atom. The van der Waals surface area contributed by atoms with Gasteiger partial charge < -0.3 is 10.1 Å². The number of carbonyl (C=O) groups is 2. The minimum absolute atomic E-state index is 0.238. The SMILES string of the molecule is CC(C)(C)OC(=O)NC1CCCN(OCc2ccccc2)C1=O. The van der Waals surface area contributed by atoms with Crippen LogP contribution in [0.15, 0.2) is 30.3 Å². The zero-order valence-electron chi connectivity index (χ0n) is 13.9. The third kappa shape index (κ3) is 5.56. The second kappa shape index (κ2) is 7.46. The van der Waals surface area contributed by atoms with Crippen LogP contribution in [0.25, 0.3) is 0 Å². The van der Waals surface area contributed by atoms with Crippen molar-refractivity contribution in [3.63, 3.8) is 0 Å². The zero-order chi connectivity index (χ0) is 16.9. The van der Waals surface area contributed by atoms with Crippen LogP contribution in [0, 0.1) is 0 Å². The third-order valence-corrected chi connectivity index (χ3v) is 3.32. The molecule has 1 saturated heterocycles. The number of nitrogens with one attached hydrogen (secondary N) is 1. The van der Waals surface area contributed by atoms with Gasteiger partial charge in [0.05, 0.1) is 0 Å². The van der Waals surface area contributed by atoms with Crippen LogP contribution < -0.4 is 5.32 Å². The molecule has 23 heavy (non-hydrogen) atoms. The minimum atomic E-state index is -0.602. The van der Waals surface area contributed by atoms with Crippen LogP contribution >= 0.6 is 0 Å². The maximum atomic E-state index is 12.4. The lowest BCUT2D eigenvalue weighted by Gasteiger charge is -2.32. The fourth-order valence-corrected chi connectivity index (χ4v) is 2.29. The summed E-state index contributed by atoms with van der Waals surface area (Å²) >= 11 is 0. The van der Waals surface area contributed by atoms with Crippen LogP contribution in [-0.2, 0) is 21.0 Å². The van der Waals surface area contributed by atoms with Crippen molar-refractivity contribution in [1.29, 1.82) is 0 Å². The highest BCUT2D eigenvalue weighted by molar-refractivity contribution is 5.85. The van der Waals surface area contributed by atoms with Crippen molar-refractivity contribution in [2.75, 3.05) is 6.54 Å². The van der Waals surface area contributed by atoms with Gasteiger partial charge in [-0.3, -0.25) is 9.63 Å². The predicted molar refractivity (Wildman–Crippen MR) is 85.3 cm³/mol. The summed E-state index contributed by atoms with van der Waals surface area (Å²) in [7, 11) is 0. The van der Waals surface area contributed by atoms with Crippen molar-refractivity contribution in [3.8, 4) is 0 Å². The first kappa shape index (κ1) is 17.3. The number of hydrogen-bond donors (Lipinski definition) is 1. The Bertz CT molecular complexity index is 539. The fraction of sp³-hybridized carbons (Fsp3) is 0.529. The molecule has 126 valence electrons. The standard InChI is InChI=1S/C17H24N2O4/c1-17(2,3)23-16(21)18-14-10-7-11-19(15(14)20)22-12-13-8-5-4-6-9-13/h4-6,8-9,14H,7,10-12H2,1-3H3,(H,18,21). The van der Waals surface area contributed by atoms with E-state index in [1.165, 1.54) is 5.06 Å². The molecule has 0 aromatic heterocycles. The first-order valence-corrected chi connectivity index (χ1v) is 7.83. The molecule has 2 rings (SSSR count). The van der Waals surface area contributed by atoms with E-state index in [-0.39, 0.29) is 5.91 Å². The largest absolute Gasteiger partial charge is 0.444 e. The highest BCUT2D eigenvalue weighted by atomic mass is 16.7. The Morgan fingerprint density at radius 3 is 2.65 bits per heavy atom. The Balaban J connectivity index is 1.86. The van der Waals surface area contributed by atoms with Gasteiger partial charge in [-0.25, -0.2) is 9.86 Å². The molecule has 1 N–H and O–H groups in total. The molecular formula is C17H24N2O4. The van der Waals surface area contributed by atoms with Crippen LogP contribution in [-0.4, -0.2) is 35.3 Å². The van der Waals surface area contributed by atoms with Gasteiger partial charge in [-0.15, -0.1) is 0 Å². The molecule has 0 spiro atoms. The molecule has 0 bridgehead atoms. The van der Waals surface area contributed by atoms with E-state index in [2.05, 4.69) is 5.32 Å². The van der Waals surface area contributed by atoms with Crippen molar-refractivity contribution >= 4 is 12.0 Å². The number of nitrogens with zero attached hydrogens (tertiary/aromatic N) is 1. The van der Waals surface area contributed by atoms with Crippen LogP contribution in [0.3, 0.4) is 0 Å². The average Bonchev–Trinajstić information content (AvgIpc) is 2.47. The molecule has 1 aromatic rings. The van der Waals surface area contributed by atoms with E-state index in [4.69, 9.17) is 9.57 Å². The number of ether oxygens (including phenoxy) is 1. The lowest BCUT2D eigenvalue weighted by Crippen LogP contribution is -2.52.